The zero-order chi connectivity index (χ0) is 12.4. The van der Waals surface area contributed by atoms with E-state index in [1.54, 1.807) is 6.92 Å². The van der Waals surface area contributed by atoms with E-state index in [9.17, 15) is 0 Å². The Bertz CT molecular complexity index is 243. The Morgan fingerprint density at radius 1 is 1.00 bits per heavy atom. The molecule has 2 nitrogen and oxygen atoms in total. The fraction of sp³-hybridized carbons (Fsp3) is 0.857. The van der Waals surface area contributed by atoms with Gasteiger partial charge in [-0.25, -0.2) is 0 Å². The minimum Gasteiger partial charge on any atom is -0.197 e. The minimum atomic E-state index is -0.802. The van der Waals surface area contributed by atoms with Gasteiger partial charge in [-0.1, -0.05) is 52.4 Å². The summed E-state index contributed by atoms with van der Waals surface area (Å²) in [5, 5.41) is 17.9. The van der Waals surface area contributed by atoms with E-state index in [2.05, 4.69) is 19.1 Å². The van der Waals surface area contributed by atoms with E-state index in [1.807, 2.05) is 6.92 Å². The molecular weight excluding hydrogens is 196 g/mol. The van der Waals surface area contributed by atoms with Crippen molar-refractivity contribution in [2.45, 2.75) is 65.7 Å². The summed E-state index contributed by atoms with van der Waals surface area (Å²) in [6, 6.07) is 4.26. The molecule has 16 heavy (non-hydrogen) atoms. The molecule has 0 amide bonds. The Morgan fingerprint density at radius 3 is 2.00 bits per heavy atom. The molecule has 0 aromatic heterocycles. The number of nitrogens with zero attached hydrogens (tertiary/aromatic N) is 2. The maximum absolute atomic E-state index is 8.96. The van der Waals surface area contributed by atoms with Crippen LogP contribution >= 0.6 is 0 Å². The van der Waals surface area contributed by atoms with Gasteiger partial charge in [-0.3, -0.25) is 0 Å². The molecule has 0 rings (SSSR count). The summed E-state index contributed by atoms with van der Waals surface area (Å²) < 4.78 is 0. The minimum absolute atomic E-state index is 0.175. The molecule has 0 aliphatic heterocycles. The molecule has 0 aromatic carbocycles. The van der Waals surface area contributed by atoms with Crippen LogP contribution in [0.5, 0.6) is 0 Å². The van der Waals surface area contributed by atoms with Crippen LogP contribution < -0.4 is 0 Å². The first-order valence-corrected chi connectivity index (χ1v) is 6.43. The topological polar surface area (TPSA) is 47.6 Å². The van der Waals surface area contributed by atoms with Gasteiger partial charge in [0.15, 0.2) is 0 Å². The molecule has 0 heterocycles. The summed E-state index contributed by atoms with van der Waals surface area (Å²) in [6.07, 6.45) is 8.57. The number of unbranched alkanes of at least 4 members (excludes halogenated alkanes) is 5. The first-order chi connectivity index (χ1) is 7.60. The van der Waals surface area contributed by atoms with E-state index >= 15 is 0 Å². The summed E-state index contributed by atoms with van der Waals surface area (Å²) >= 11 is 0. The standard InChI is InChI=1S/C14H24N2/c1-4-5-6-7-8-9-10-13(2)14(3,11-15)12-16/h13H,4-10H2,1-3H3. The zero-order valence-corrected chi connectivity index (χ0v) is 10.9. The molecule has 90 valence electrons. The van der Waals surface area contributed by atoms with Crippen LogP contribution in [0, 0.1) is 34.0 Å². The predicted molar refractivity (Wildman–Crippen MR) is 66.5 cm³/mol. The molecule has 1 unspecified atom stereocenters. The number of hydrogen-bond acceptors (Lipinski definition) is 2. The van der Waals surface area contributed by atoms with Crippen LogP contribution in [-0.4, -0.2) is 0 Å². The molecule has 1 atom stereocenters. The van der Waals surface area contributed by atoms with Crippen molar-refractivity contribution in [3.63, 3.8) is 0 Å². The smallest absolute Gasteiger partial charge is 0.143 e. The lowest BCUT2D eigenvalue weighted by Crippen LogP contribution is -2.21. The van der Waals surface area contributed by atoms with Crippen LogP contribution in [0.4, 0.5) is 0 Å². The molecule has 0 saturated carbocycles. The molecule has 0 aliphatic rings. The summed E-state index contributed by atoms with van der Waals surface area (Å²) in [5.74, 6) is 0.175. The fourth-order valence-electron chi connectivity index (χ4n) is 1.76. The largest absolute Gasteiger partial charge is 0.197 e. The van der Waals surface area contributed by atoms with E-state index in [1.165, 1.54) is 32.1 Å². The van der Waals surface area contributed by atoms with Gasteiger partial charge in [0.2, 0.25) is 0 Å². The first kappa shape index (κ1) is 15.0. The van der Waals surface area contributed by atoms with Gasteiger partial charge in [0.25, 0.3) is 0 Å². The third-order valence-corrected chi connectivity index (χ3v) is 3.44. The number of nitriles is 2. The molecule has 0 saturated heterocycles. The highest BCUT2D eigenvalue weighted by molar-refractivity contribution is 5.12. The first-order valence-electron chi connectivity index (χ1n) is 6.43. The van der Waals surface area contributed by atoms with Gasteiger partial charge >= 0.3 is 0 Å². The third kappa shape index (κ3) is 5.17. The van der Waals surface area contributed by atoms with Crippen LogP contribution in [0.3, 0.4) is 0 Å². The lowest BCUT2D eigenvalue weighted by molar-refractivity contribution is 0.337. The van der Waals surface area contributed by atoms with Gasteiger partial charge in [-0.05, 0) is 19.3 Å². The Kier molecular flexibility index (Phi) is 7.65. The third-order valence-electron chi connectivity index (χ3n) is 3.44. The summed E-state index contributed by atoms with van der Waals surface area (Å²) in [4.78, 5) is 0. The molecule has 0 aliphatic carbocycles. The normalized spacial score (nSPS) is 12.8. The van der Waals surface area contributed by atoms with Crippen molar-refractivity contribution >= 4 is 0 Å². The average molecular weight is 220 g/mol. The lowest BCUT2D eigenvalue weighted by atomic mass is 9.78. The van der Waals surface area contributed by atoms with E-state index in [-0.39, 0.29) is 5.92 Å². The molecule has 0 N–H and O–H groups in total. The highest BCUT2D eigenvalue weighted by Crippen LogP contribution is 2.29. The van der Waals surface area contributed by atoms with Crippen molar-refractivity contribution in [3.05, 3.63) is 0 Å². The van der Waals surface area contributed by atoms with Crippen LogP contribution in [-0.2, 0) is 0 Å². The SMILES string of the molecule is CCCCCCCCC(C)C(C)(C#N)C#N. The number of hydrogen-bond donors (Lipinski definition) is 0. The second-order valence-electron chi connectivity index (χ2n) is 4.88. The molecule has 2 heteroatoms. The van der Waals surface area contributed by atoms with Crippen LogP contribution in [0.25, 0.3) is 0 Å². The Balaban J connectivity index is 3.71. The second-order valence-corrected chi connectivity index (χ2v) is 4.88. The maximum atomic E-state index is 8.96. The maximum Gasteiger partial charge on any atom is 0.143 e. The van der Waals surface area contributed by atoms with Crippen molar-refractivity contribution in [3.8, 4) is 12.1 Å². The summed E-state index contributed by atoms with van der Waals surface area (Å²) in [7, 11) is 0. The highest BCUT2D eigenvalue weighted by Gasteiger charge is 2.30. The van der Waals surface area contributed by atoms with Crippen molar-refractivity contribution in [2.75, 3.05) is 0 Å². The van der Waals surface area contributed by atoms with Gasteiger partial charge in [0.05, 0.1) is 12.1 Å². The van der Waals surface area contributed by atoms with Gasteiger partial charge in [0, 0.05) is 0 Å². The van der Waals surface area contributed by atoms with E-state index in [4.69, 9.17) is 10.5 Å². The molecule has 0 bridgehead atoms. The Morgan fingerprint density at radius 2 is 1.50 bits per heavy atom. The average Bonchev–Trinajstić information content (AvgIpc) is 2.32. The van der Waals surface area contributed by atoms with E-state index < -0.39 is 5.41 Å². The van der Waals surface area contributed by atoms with Crippen molar-refractivity contribution < 1.29 is 0 Å². The van der Waals surface area contributed by atoms with E-state index in [0.29, 0.717) is 0 Å². The van der Waals surface area contributed by atoms with Gasteiger partial charge in [-0.15, -0.1) is 0 Å². The molecule has 0 aromatic rings. The van der Waals surface area contributed by atoms with Gasteiger partial charge in [0.1, 0.15) is 5.41 Å². The fourth-order valence-corrected chi connectivity index (χ4v) is 1.76. The highest BCUT2D eigenvalue weighted by atomic mass is 14.4. The zero-order valence-electron chi connectivity index (χ0n) is 10.9. The summed E-state index contributed by atoms with van der Waals surface area (Å²) in [6.45, 7) is 5.97. The quantitative estimate of drug-likeness (QED) is 0.568. The molecule has 0 radical (unpaired) electrons. The molecule has 0 fully saturated rings. The van der Waals surface area contributed by atoms with Gasteiger partial charge in [-0.2, -0.15) is 10.5 Å². The van der Waals surface area contributed by atoms with Crippen molar-refractivity contribution in [2.24, 2.45) is 11.3 Å². The molecule has 0 spiro atoms. The number of rotatable bonds is 8. The van der Waals surface area contributed by atoms with Crippen LogP contribution in [0.15, 0.2) is 0 Å². The van der Waals surface area contributed by atoms with Crippen molar-refractivity contribution in [1.82, 2.24) is 0 Å². The summed E-state index contributed by atoms with van der Waals surface area (Å²) in [5.41, 5.74) is -0.802. The predicted octanol–water partition coefficient (Wildman–Crippen LogP) is 4.43. The lowest BCUT2D eigenvalue weighted by Gasteiger charge is -2.21. The van der Waals surface area contributed by atoms with Gasteiger partial charge < -0.3 is 0 Å². The van der Waals surface area contributed by atoms with Crippen molar-refractivity contribution in [1.29, 1.82) is 10.5 Å². The van der Waals surface area contributed by atoms with E-state index in [0.717, 1.165) is 12.8 Å². The van der Waals surface area contributed by atoms with Crippen LogP contribution in [0.1, 0.15) is 65.7 Å². The second kappa shape index (κ2) is 8.17. The Hall–Kier alpha value is -1.02. The van der Waals surface area contributed by atoms with Crippen LogP contribution in [0.2, 0.25) is 0 Å². The molecular formula is C14H24N2. The monoisotopic (exact) mass is 220 g/mol. The Labute approximate surface area is 100 Å².